The fraction of sp³-hybridized carbons (Fsp3) is 0.455. The summed E-state index contributed by atoms with van der Waals surface area (Å²) in [5.41, 5.74) is 0. The molecule has 0 bridgehead atoms. The Balaban J connectivity index is 3.03. The van der Waals surface area contributed by atoms with Gasteiger partial charge in [0, 0.05) is 13.6 Å². The molecule has 8 heteroatoms. The van der Waals surface area contributed by atoms with E-state index in [0.717, 1.165) is 12.8 Å². The minimum absolute atomic E-state index is 0.0542. The summed E-state index contributed by atoms with van der Waals surface area (Å²) in [6, 6.07) is 4.88. The molecule has 0 aliphatic rings. The number of rotatable bonds is 6. The van der Waals surface area contributed by atoms with Crippen LogP contribution in [0.1, 0.15) is 19.8 Å². The zero-order chi connectivity index (χ0) is 14.7. The monoisotopic (exact) mass is 306 g/mol. The number of benzene rings is 1. The maximum atomic E-state index is 12.1. The van der Waals surface area contributed by atoms with Crippen LogP contribution in [0, 0.1) is 0 Å². The van der Waals surface area contributed by atoms with Crippen LogP contribution in [-0.4, -0.2) is 34.7 Å². The van der Waals surface area contributed by atoms with Gasteiger partial charge in [0.2, 0.25) is 20.0 Å². The molecule has 0 atom stereocenters. The summed E-state index contributed by atoms with van der Waals surface area (Å²) in [6.07, 6.45) is 1.66. The van der Waals surface area contributed by atoms with Crippen LogP contribution in [0.15, 0.2) is 34.1 Å². The van der Waals surface area contributed by atoms with E-state index < -0.39 is 20.0 Å². The summed E-state index contributed by atoms with van der Waals surface area (Å²) < 4.78 is 47.7. The van der Waals surface area contributed by atoms with E-state index in [0.29, 0.717) is 6.54 Å². The molecule has 0 aliphatic heterocycles. The third-order valence-electron chi connectivity index (χ3n) is 2.69. The van der Waals surface area contributed by atoms with Gasteiger partial charge in [0.05, 0.1) is 9.79 Å². The topological polar surface area (TPSA) is 97.5 Å². The van der Waals surface area contributed by atoms with Crippen molar-refractivity contribution in [3.63, 3.8) is 0 Å². The van der Waals surface area contributed by atoms with Crippen molar-refractivity contribution < 1.29 is 16.8 Å². The zero-order valence-corrected chi connectivity index (χ0v) is 12.5. The Morgan fingerprint density at radius 3 is 1.95 bits per heavy atom. The summed E-state index contributed by atoms with van der Waals surface area (Å²) in [4.78, 5) is -0.0545. The molecule has 1 rings (SSSR count). The first-order valence-corrected chi connectivity index (χ1v) is 8.77. The number of unbranched alkanes of at least 4 members (excludes halogenated alkanes) is 1. The number of hydrogen-bond acceptors (Lipinski definition) is 4. The maximum Gasteiger partial charge on any atom is 0.242 e. The Bertz CT molecular complexity index is 621. The lowest BCUT2D eigenvalue weighted by molar-refractivity contribution is 0.459. The first-order chi connectivity index (χ1) is 8.69. The fourth-order valence-corrected chi connectivity index (χ4v) is 3.21. The minimum Gasteiger partial charge on any atom is -0.225 e. The first kappa shape index (κ1) is 16.1. The Kier molecular flexibility index (Phi) is 5.08. The van der Waals surface area contributed by atoms with Crippen LogP contribution in [-0.2, 0) is 20.0 Å². The van der Waals surface area contributed by atoms with Crippen LogP contribution in [0.4, 0.5) is 0 Å². The molecule has 0 spiro atoms. The van der Waals surface area contributed by atoms with Gasteiger partial charge in [0.15, 0.2) is 0 Å². The first-order valence-electron chi connectivity index (χ1n) is 5.79. The van der Waals surface area contributed by atoms with Gasteiger partial charge in [-0.05, 0) is 30.7 Å². The van der Waals surface area contributed by atoms with E-state index in [4.69, 9.17) is 5.14 Å². The molecule has 0 radical (unpaired) electrons. The molecule has 1 aromatic carbocycles. The quantitative estimate of drug-likeness (QED) is 0.838. The molecule has 0 saturated carbocycles. The van der Waals surface area contributed by atoms with Gasteiger partial charge < -0.3 is 0 Å². The van der Waals surface area contributed by atoms with Gasteiger partial charge in [0.1, 0.15) is 0 Å². The Hall–Kier alpha value is -0.960. The van der Waals surface area contributed by atoms with Gasteiger partial charge in [-0.1, -0.05) is 13.3 Å². The predicted octanol–water partition coefficient (Wildman–Crippen LogP) is 0.755. The number of nitrogens with zero attached hydrogens (tertiary/aromatic N) is 1. The average molecular weight is 306 g/mol. The fourth-order valence-electron chi connectivity index (χ4n) is 1.48. The van der Waals surface area contributed by atoms with E-state index in [1.54, 1.807) is 0 Å². The summed E-state index contributed by atoms with van der Waals surface area (Å²) in [5.74, 6) is 0. The van der Waals surface area contributed by atoms with Crippen molar-refractivity contribution in [1.82, 2.24) is 4.31 Å². The van der Waals surface area contributed by atoms with Gasteiger partial charge in [0.25, 0.3) is 0 Å². The van der Waals surface area contributed by atoms with Gasteiger partial charge in [-0.15, -0.1) is 0 Å². The van der Waals surface area contributed by atoms with Gasteiger partial charge in [-0.25, -0.2) is 26.3 Å². The third kappa shape index (κ3) is 4.00. The zero-order valence-electron chi connectivity index (χ0n) is 10.9. The van der Waals surface area contributed by atoms with Gasteiger partial charge >= 0.3 is 0 Å². The lowest BCUT2D eigenvalue weighted by Crippen LogP contribution is -2.28. The highest BCUT2D eigenvalue weighted by Crippen LogP contribution is 2.17. The lowest BCUT2D eigenvalue weighted by Gasteiger charge is -2.16. The normalized spacial score (nSPS) is 12.8. The summed E-state index contributed by atoms with van der Waals surface area (Å²) in [6.45, 7) is 2.40. The van der Waals surface area contributed by atoms with E-state index >= 15 is 0 Å². The second-order valence-electron chi connectivity index (χ2n) is 4.20. The van der Waals surface area contributed by atoms with Crippen LogP contribution in [0.2, 0.25) is 0 Å². The largest absolute Gasteiger partial charge is 0.242 e. The van der Waals surface area contributed by atoms with Gasteiger partial charge in [-0.3, -0.25) is 0 Å². The smallest absolute Gasteiger partial charge is 0.225 e. The molecule has 0 fully saturated rings. The minimum atomic E-state index is -3.81. The third-order valence-corrected chi connectivity index (χ3v) is 5.49. The van der Waals surface area contributed by atoms with Crippen molar-refractivity contribution in [2.24, 2.45) is 5.14 Å². The van der Waals surface area contributed by atoms with Crippen LogP contribution in [0.3, 0.4) is 0 Å². The predicted molar refractivity (Wildman–Crippen MR) is 72.5 cm³/mol. The lowest BCUT2D eigenvalue weighted by atomic mass is 10.3. The Morgan fingerprint density at radius 2 is 1.53 bits per heavy atom. The SMILES string of the molecule is CCCCN(C)S(=O)(=O)c1ccc(S(N)(=O)=O)cc1. The standard InChI is InChI=1S/C11H18N2O4S2/c1-3-4-9-13(2)19(16,17)11-7-5-10(6-8-11)18(12,14)15/h5-8H,3-4,9H2,1-2H3,(H2,12,14,15). The number of hydrogen-bond donors (Lipinski definition) is 1. The van der Waals surface area contributed by atoms with Crippen molar-refractivity contribution >= 4 is 20.0 Å². The molecule has 2 N–H and O–H groups in total. The molecule has 0 saturated heterocycles. The highest BCUT2D eigenvalue weighted by atomic mass is 32.2. The molecule has 0 unspecified atom stereocenters. The molecule has 0 amide bonds. The number of sulfonamides is 2. The second-order valence-corrected chi connectivity index (χ2v) is 7.80. The van der Waals surface area contributed by atoms with Crippen molar-refractivity contribution in [3.05, 3.63) is 24.3 Å². The highest BCUT2D eigenvalue weighted by Gasteiger charge is 2.20. The van der Waals surface area contributed by atoms with E-state index in [1.165, 1.54) is 35.6 Å². The average Bonchev–Trinajstić information content (AvgIpc) is 2.35. The van der Waals surface area contributed by atoms with Crippen LogP contribution >= 0.6 is 0 Å². The van der Waals surface area contributed by atoms with Crippen LogP contribution in [0.5, 0.6) is 0 Å². The Morgan fingerprint density at radius 1 is 1.05 bits per heavy atom. The molecule has 0 aliphatic carbocycles. The molecular weight excluding hydrogens is 288 g/mol. The summed E-state index contributed by atoms with van der Waals surface area (Å²) >= 11 is 0. The molecule has 6 nitrogen and oxygen atoms in total. The maximum absolute atomic E-state index is 12.1. The van der Waals surface area contributed by atoms with Crippen LogP contribution < -0.4 is 5.14 Å². The number of nitrogens with two attached hydrogens (primary N) is 1. The number of primary sulfonamides is 1. The summed E-state index contributed by atoms with van der Waals surface area (Å²) in [7, 11) is -5.89. The molecule has 0 aromatic heterocycles. The summed E-state index contributed by atoms with van der Waals surface area (Å²) in [5, 5.41) is 4.95. The van der Waals surface area contributed by atoms with Crippen molar-refractivity contribution in [2.45, 2.75) is 29.6 Å². The van der Waals surface area contributed by atoms with E-state index in [9.17, 15) is 16.8 Å². The van der Waals surface area contributed by atoms with Gasteiger partial charge in [-0.2, -0.15) is 0 Å². The van der Waals surface area contributed by atoms with Crippen molar-refractivity contribution in [1.29, 1.82) is 0 Å². The molecule has 19 heavy (non-hydrogen) atoms. The second kappa shape index (κ2) is 6.00. The molecule has 0 heterocycles. The van der Waals surface area contributed by atoms with E-state index in [-0.39, 0.29) is 9.79 Å². The van der Waals surface area contributed by atoms with Crippen LogP contribution in [0.25, 0.3) is 0 Å². The van der Waals surface area contributed by atoms with Crippen molar-refractivity contribution in [2.75, 3.05) is 13.6 Å². The molecule has 1 aromatic rings. The molecule has 108 valence electrons. The van der Waals surface area contributed by atoms with E-state index in [2.05, 4.69) is 0 Å². The van der Waals surface area contributed by atoms with Crippen molar-refractivity contribution in [3.8, 4) is 0 Å². The Labute approximate surface area is 114 Å². The molecular formula is C11H18N2O4S2. The highest BCUT2D eigenvalue weighted by molar-refractivity contribution is 7.89. The van der Waals surface area contributed by atoms with E-state index in [1.807, 2.05) is 6.92 Å².